The minimum atomic E-state index is -1.13. The van der Waals surface area contributed by atoms with Gasteiger partial charge in [-0.3, -0.25) is 9.59 Å². The van der Waals surface area contributed by atoms with Crippen molar-refractivity contribution in [3.8, 4) is 0 Å². The van der Waals surface area contributed by atoms with Gasteiger partial charge in [-0.15, -0.1) is 0 Å². The van der Waals surface area contributed by atoms with E-state index in [1.165, 1.54) is 19.3 Å². The van der Waals surface area contributed by atoms with E-state index in [-0.39, 0.29) is 11.8 Å². The molecule has 2 atom stereocenters. The summed E-state index contributed by atoms with van der Waals surface area (Å²) in [7, 11) is 0. The van der Waals surface area contributed by atoms with Crippen LogP contribution in [-0.4, -0.2) is 34.2 Å². The SMILES string of the molecule is CCCC(NC(=O)C(O)C(C)C)C(=O)Nc1cc(C2CCCCC2)on1. The van der Waals surface area contributed by atoms with E-state index < -0.39 is 18.1 Å². The molecule has 1 aromatic rings. The third-order valence-electron chi connectivity index (χ3n) is 4.90. The number of rotatable bonds is 8. The molecule has 3 N–H and O–H groups in total. The normalized spacial score (nSPS) is 17.7. The predicted molar refractivity (Wildman–Crippen MR) is 98.6 cm³/mol. The van der Waals surface area contributed by atoms with Crippen molar-refractivity contribution in [2.75, 3.05) is 5.32 Å². The van der Waals surface area contributed by atoms with Crippen molar-refractivity contribution in [2.24, 2.45) is 5.92 Å². The Morgan fingerprint density at radius 1 is 1.27 bits per heavy atom. The molecule has 1 aliphatic rings. The van der Waals surface area contributed by atoms with Gasteiger partial charge in [-0.2, -0.15) is 0 Å². The average molecular weight is 365 g/mol. The van der Waals surface area contributed by atoms with Crippen LogP contribution in [0, 0.1) is 5.92 Å². The molecule has 26 heavy (non-hydrogen) atoms. The second-order valence-electron chi connectivity index (χ2n) is 7.48. The number of nitrogens with one attached hydrogen (secondary N) is 2. The van der Waals surface area contributed by atoms with Gasteiger partial charge in [0.15, 0.2) is 5.82 Å². The van der Waals surface area contributed by atoms with Gasteiger partial charge in [-0.25, -0.2) is 0 Å². The van der Waals surface area contributed by atoms with Crippen LogP contribution in [0.4, 0.5) is 5.82 Å². The Labute approximate surface area is 154 Å². The largest absolute Gasteiger partial charge is 0.383 e. The van der Waals surface area contributed by atoms with Gasteiger partial charge >= 0.3 is 0 Å². The highest BCUT2D eigenvalue weighted by Gasteiger charge is 2.26. The first-order valence-corrected chi connectivity index (χ1v) is 9.68. The number of carbonyl (C=O) groups excluding carboxylic acids is 2. The summed E-state index contributed by atoms with van der Waals surface area (Å²) in [5.74, 6) is 0.459. The van der Waals surface area contributed by atoms with Gasteiger partial charge in [0.25, 0.3) is 0 Å². The zero-order chi connectivity index (χ0) is 19.1. The molecule has 0 spiro atoms. The molecule has 1 saturated carbocycles. The van der Waals surface area contributed by atoms with Crippen molar-refractivity contribution in [1.82, 2.24) is 10.5 Å². The van der Waals surface area contributed by atoms with E-state index in [1.807, 2.05) is 6.92 Å². The molecule has 0 radical (unpaired) electrons. The van der Waals surface area contributed by atoms with Gasteiger partial charge in [-0.05, 0) is 25.2 Å². The summed E-state index contributed by atoms with van der Waals surface area (Å²) in [4.78, 5) is 24.6. The van der Waals surface area contributed by atoms with E-state index in [4.69, 9.17) is 4.52 Å². The number of aromatic nitrogens is 1. The Hall–Kier alpha value is -1.89. The maximum absolute atomic E-state index is 12.5. The van der Waals surface area contributed by atoms with Gasteiger partial charge in [0, 0.05) is 12.0 Å². The number of anilines is 1. The molecule has 7 nitrogen and oxygen atoms in total. The summed E-state index contributed by atoms with van der Waals surface area (Å²) >= 11 is 0. The predicted octanol–water partition coefficient (Wildman–Crippen LogP) is 2.96. The van der Waals surface area contributed by atoms with Crippen LogP contribution in [0.1, 0.15) is 77.4 Å². The fourth-order valence-corrected chi connectivity index (χ4v) is 3.26. The van der Waals surface area contributed by atoms with E-state index in [0.29, 0.717) is 18.2 Å². The summed E-state index contributed by atoms with van der Waals surface area (Å²) in [5, 5.41) is 19.2. The quantitative estimate of drug-likeness (QED) is 0.657. The van der Waals surface area contributed by atoms with E-state index in [0.717, 1.165) is 25.0 Å². The Balaban J connectivity index is 1.96. The molecule has 146 valence electrons. The molecular formula is C19H31N3O4. The molecule has 1 fully saturated rings. The lowest BCUT2D eigenvalue weighted by Gasteiger charge is -2.20. The summed E-state index contributed by atoms with van der Waals surface area (Å²) < 4.78 is 5.40. The van der Waals surface area contributed by atoms with Gasteiger partial charge < -0.3 is 20.3 Å². The van der Waals surface area contributed by atoms with Gasteiger partial charge in [0.1, 0.15) is 17.9 Å². The van der Waals surface area contributed by atoms with Crippen LogP contribution < -0.4 is 10.6 Å². The van der Waals surface area contributed by atoms with E-state index in [2.05, 4.69) is 15.8 Å². The summed E-state index contributed by atoms with van der Waals surface area (Å²) in [5.41, 5.74) is 0. The van der Waals surface area contributed by atoms with E-state index in [1.54, 1.807) is 19.9 Å². The van der Waals surface area contributed by atoms with Crippen LogP contribution in [0.3, 0.4) is 0 Å². The molecule has 0 aliphatic heterocycles. The van der Waals surface area contributed by atoms with Gasteiger partial charge in [0.05, 0.1) is 0 Å². The van der Waals surface area contributed by atoms with Crippen LogP contribution in [0.25, 0.3) is 0 Å². The lowest BCUT2D eigenvalue weighted by molar-refractivity contribution is -0.134. The highest BCUT2D eigenvalue weighted by molar-refractivity contribution is 5.97. The maximum atomic E-state index is 12.5. The lowest BCUT2D eigenvalue weighted by atomic mass is 9.87. The number of carbonyl (C=O) groups is 2. The topological polar surface area (TPSA) is 104 Å². The highest BCUT2D eigenvalue weighted by atomic mass is 16.5. The first kappa shape index (κ1) is 20.4. The Kier molecular flexibility index (Phi) is 7.63. The number of hydrogen-bond donors (Lipinski definition) is 3. The lowest BCUT2D eigenvalue weighted by Crippen LogP contribution is -2.48. The Bertz CT molecular complexity index is 593. The number of amides is 2. The van der Waals surface area contributed by atoms with E-state index in [9.17, 15) is 14.7 Å². The summed E-state index contributed by atoms with van der Waals surface area (Å²) in [6, 6.07) is 1.07. The smallest absolute Gasteiger partial charge is 0.249 e. The zero-order valence-electron chi connectivity index (χ0n) is 16.0. The van der Waals surface area contributed by atoms with Crippen LogP contribution in [0.5, 0.6) is 0 Å². The Morgan fingerprint density at radius 3 is 2.58 bits per heavy atom. The van der Waals surface area contributed by atoms with Crippen LogP contribution >= 0.6 is 0 Å². The summed E-state index contributed by atoms with van der Waals surface area (Å²) in [6.07, 6.45) is 5.89. The molecule has 2 rings (SSSR count). The van der Waals surface area contributed by atoms with Crippen molar-refractivity contribution in [1.29, 1.82) is 0 Å². The first-order valence-electron chi connectivity index (χ1n) is 9.68. The first-order chi connectivity index (χ1) is 12.4. The minimum absolute atomic E-state index is 0.214. The second-order valence-corrected chi connectivity index (χ2v) is 7.48. The molecule has 0 bridgehead atoms. The monoisotopic (exact) mass is 365 g/mol. The van der Waals surface area contributed by atoms with Crippen molar-refractivity contribution >= 4 is 17.6 Å². The minimum Gasteiger partial charge on any atom is -0.383 e. The maximum Gasteiger partial charge on any atom is 0.249 e. The molecule has 7 heteroatoms. The number of nitrogens with zero attached hydrogens (tertiary/aromatic N) is 1. The third-order valence-corrected chi connectivity index (χ3v) is 4.90. The van der Waals surface area contributed by atoms with Crippen molar-refractivity contribution in [3.05, 3.63) is 11.8 Å². The molecule has 2 unspecified atom stereocenters. The van der Waals surface area contributed by atoms with Gasteiger partial charge in [0.2, 0.25) is 11.8 Å². The molecule has 1 aromatic heterocycles. The molecule has 0 aromatic carbocycles. The summed E-state index contributed by atoms with van der Waals surface area (Å²) in [6.45, 7) is 5.44. The number of aliphatic hydroxyl groups is 1. The second kappa shape index (κ2) is 9.71. The van der Waals surface area contributed by atoms with Gasteiger partial charge in [-0.1, -0.05) is 51.6 Å². The fourth-order valence-electron chi connectivity index (χ4n) is 3.26. The van der Waals surface area contributed by atoms with Crippen LogP contribution in [-0.2, 0) is 9.59 Å². The zero-order valence-corrected chi connectivity index (χ0v) is 16.0. The van der Waals surface area contributed by atoms with Crippen molar-refractivity contribution in [2.45, 2.75) is 83.8 Å². The molecule has 1 aliphatic carbocycles. The average Bonchev–Trinajstić information content (AvgIpc) is 3.09. The third kappa shape index (κ3) is 5.56. The van der Waals surface area contributed by atoms with E-state index >= 15 is 0 Å². The Morgan fingerprint density at radius 2 is 1.96 bits per heavy atom. The molecule has 1 heterocycles. The van der Waals surface area contributed by atoms with Crippen LogP contribution in [0.2, 0.25) is 0 Å². The van der Waals surface area contributed by atoms with Crippen molar-refractivity contribution < 1.29 is 19.2 Å². The number of hydrogen-bond acceptors (Lipinski definition) is 5. The molecule has 2 amide bonds. The fraction of sp³-hybridized carbons (Fsp3) is 0.737. The molecular weight excluding hydrogens is 334 g/mol. The van der Waals surface area contributed by atoms with Crippen LogP contribution in [0.15, 0.2) is 10.6 Å². The molecule has 0 saturated heterocycles. The number of aliphatic hydroxyl groups excluding tert-OH is 1. The highest BCUT2D eigenvalue weighted by Crippen LogP contribution is 2.33. The standard InChI is InChI=1S/C19H31N3O4/c1-4-8-14(20-19(25)17(23)12(2)3)18(24)21-16-11-15(26-22-16)13-9-6-5-7-10-13/h11-14,17,23H,4-10H2,1-3H3,(H,20,25)(H,21,22,24). The van der Waals surface area contributed by atoms with Crippen molar-refractivity contribution in [3.63, 3.8) is 0 Å².